The zero-order valence-corrected chi connectivity index (χ0v) is 13.5. The minimum absolute atomic E-state index is 0.00689. The van der Waals surface area contributed by atoms with Crippen LogP contribution in [-0.4, -0.2) is 35.1 Å². The van der Waals surface area contributed by atoms with Gasteiger partial charge in [0.1, 0.15) is 6.10 Å². The van der Waals surface area contributed by atoms with Gasteiger partial charge in [0, 0.05) is 30.4 Å². The lowest BCUT2D eigenvalue weighted by atomic mass is 10.2. The van der Waals surface area contributed by atoms with Crippen molar-refractivity contribution in [1.82, 2.24) is 9.88 Å². The van der Waals surface area contributed by atoms with Crippen LogP contribution in [0.5, 0.6) is 5.88 Å². The van der Waals surface area contributed by atoms with E-state index in [0.29, 0.717) is 19.0 Å². The van der Waals surface area contributed by atoms with Crippen LogP contribution >= 0.6 is 0 Å². The molecule has 3 rings (SSSR count). The maximum Gasteiger partial charge on any atom is 0.321 e. The maximum atomic E-state index is 12.3. The van der Waals surface area contributed by atoms with Crippen molar-refractivity contribution in [3.8, 4) is 5.88 Å². The largest absolute Gasteiger partial charge is 0.472 e. The van der Waals surface area contributed by atoms with E-state index in [1.807, 2.05) is 56.3 Å². The summed E-state index contributed by atoms with van der Waals surface area (Å²) in [7, 11) is 0. The lowest BCUT2D eigenvalue weighted by molar-refractivity contribution is 0.189. The fourth-order valence-corrected chi connectivity index (χ4v) is 2.69. The monoisotopic (exact) mass is 311 g/mol. The highest BCUT2D eigenvalue weighted by atomic mass is 16.5. The fourth-order valence-electron chi connectivity index (χ4n) is 2.69. The molecule has 120 valence electrons. The van der Waals surface area contributed by atoms with E-state index in [9.17, 15) is 4.79 Å². The number of anilines is 1. The van der Waals surface area contributed by atoms with Crippen LogP contribution in [0.25, 0.3) is 0 Å². The van der Waals surface area contributed by atoms with Crippen LogP contribution in [0.15, 0.2) is 42.5 Å². The van der Waals surface area contributed by atoms with E-state index in [2.05, 4.69) is 10.3 Å². The molecule has 1 aliphatic rings. The Bertz CT molecular complexity index is 702. The lowest BCUT2D eigenvalue weighted by Crippen LogP contribution is -2.34. The highest BCUT2D eigenvalue weighted by molar-refractivity contribution is 5.89. The number of carbonyl (C=O) groups is 1. The van der Waals surface area contributed by atoms with Crippen LogP contribution in [0.3, 0.4) is 0 Å². The average molecular weight is 311 g/mol. The summed E-state index contributed by atoms with van der Waals surface area (Å²) in [6.07, 6.45) is 0.809. The zero-order valence-electron chi connectivity index (χ0n) is 13.5. The number of likely N-dealkylation sites (tertiary alicyclic amines) is 1. The Balaban J connectivity index is 1.55. The predicted octanol–water partition coefficient (Wildman–Crippen LogP) is 3.38. The van der Waals surface area contributed by atoms with Gasteiger partial charge in [-0.2, -0.15) is 0 Å². The molecule has 1 atom stereocenters. The standard InChI is InChI=1S/C18H21N3O2/c1-13-5-3-7-15(11-13)20-18(22)21-10-9-16(12-21)23-17-8-4-6-14(2)19-17/h3-8,11,16H,9-10,12H2,1-2H3,(H,20,22). The smallest absolute Gasteiger partial charge is 0.321 e. The Kier molecular flexibility index (Phi) is 4.46. The Morgan fingerprint density at radius 1 is 1.26 bits per heavy atom. The summed E-state index contributed by atoms with van der Waals surface area (Å²) < 4.78 is 5.87. The molecule has 0 bridgehead atoms. The molecule has 1 N–H and O–H groups in total. The molecule has 0 radical (unpaired) electrons. The molecular formula is C18H21N3O2. The molecule has 1 aromatic heterocycles. The first-order valence-electron chi connectivity index (χ1n) is 7.83. The predicted molar refractivity (Wildman–Crippen MR) is 89.8 cm³/mol. The number of nitrogens with zero attached hydrogens (tertiary/aromatic N) is 2. The molecule has 0 saturated carbocycles. The average Bonchev–Trinajstić information content (AvgIpc) is 2.96. The quantitative estimate of drug-likeness (QED) is 0.945. The highest BCUT2D eigenvalue weighted by Crippen LogP contribution is 2.18. The van der Waals surface area contributed by atoms with Crippen molar-refractivity contribution < 1.29 is 9.53 Å². The van der Waals surface area contributed by atoms with Crippen LogP contribution in [0.4, 0.5) is 10.5 Å². The second-order valence-electron chi connectivity index (χ2n) is 5.89. The lowest BCUT2D eigenvalue weighted by Gasteiger charge is -2.18. The van der Waals surface area contributed by atoms with Crippen LogP contribution in [0, 0.1) is 13.8 Å². The van der Waals surface area contributed by atoms with E-state index in [-0.39, 0.29) is 12.1 Å². The molecule has 1 aliphatic heterocycles. The number of rotatable bonds is 3. The van der Waals surface area contributed by atoms with Gasteiger partial charge in [-0.25, -0.2) is 9.78 Å². The van der Waals surface area contributed by atoms with E-state index in [4.69, 9.17) is 4.74 Å². The molecule has 1 aromatic carbocycles. The molecular weight excluding hydrogens is 290 g/mol. The number of carbonyl (C=O) groups excluding carboxylic acids is 1. The summed E-state index contributed by atoms with van der Waals surface area (Å²) in [6, 6.07) is 13.4. The number of ether oxygens (including phenoxy) is 1. The molecule has 1 unspecified atom stereocenters. The molecule has 0 spiro atoms. The Morgan fingerprint density at radius 2 is 2.09 bits per heavy atom. The number of hydrogen-bond donors (Lipinski definition) is 1. The maximum absolute atomic E-state index is 12.3. The van der Waals surface area contributed by atoms with Gasteiger partial charge in [-0.05, 0) is 37.6 Å². The van der Waals surface area contributed by atoms with Crippen molar-refractivity contribution in [2.45, 2.75) is 26.4 Å². The molecule has 2 heterocycles. The third-order valence-electron chi connectivity index (χ3n) is 3.85. The summed E-state index contributed by atoms with van der Waals surface area (Å²) in [6.45, 7) is 5.20. The third kappa shape index (κ3) is 4.00. The van der Waals surface area contributed by atoms with Crippen molar-refractivity contribution in [2.24, 2.45) is 0 Å². The number of nitrogens with one attached hydrogen (secondary N) is 1. The molecule has 2 aromatic rings. The first-order chi connectivity index (χ1) is 11.1. The number of aromatic nitrogens is 1. The molecule has 1 fully saturated rings. The van der Waals surface area contributed by atoms with Crippen LogP contribution in [0.2, 0.25) is 0 Å². The summed E-state index contributed by atoms with van der Waals surface area (Å²) in [5, 5.41) is 2.93. The summed E-state index contributed by atoms with van der Waals surface area (Å²) in [4.78, 5) is 18.4. The Labute approximate surface area is 136 Å². The second kappa shape index (κ2) is 6.69. The summed E-state index contributed by atoms with van der Waals surface area (Å²) >= 11 is 0. The van der Waals surface area contributed by atoms with Crippen LogP contribution in [0.1, 0.15) is 17.7 Å². The molecule has 5 heteroatoms. The van der Waals surface area contributed by atoms with Crippen molar-refractivity contribution >= 4 is 11.7 Å². The van der Waals surface area contributed by atoms with Crippen LogP contribution < -0.4 is 10.1 Å². The van der Waals surface area contributed by atoms with Crippen LogP contribution in [-0.2, 0) is 0 Å². The van der Waals surface area contributed by atoms with E-state index >= 15 is 0 Å². The zero-order chi connectivity index (χ0) is 16.2. The number of hydrogen-bond acceptors (Lipinski definition) is 3. The third-order valence-corrected chi connectivity index (χ3v) is 3.85. The van der Waals surface area contributed by atoms with Gasteiger partial charge < -0.3 is 15.0 Å². The molecule has 23 heavy (non-hydrogen) atoms. The fraction of sp³-hybridized carbons (Fsp3) is 0.333. The van der Waals surface area contributed by atoms with Gasteiger partial charge >= 0.3 is 6.03 Å². The first kappa shape index (κ1) is 15.3. The van der Waals surface area contributed by atoms with E-state index in [1.165, 1.54) is 0 Å². The number of urea groups is 1. The number of amides is 2. The van der Waals surface area contributed by atoms with Crippen molar-refractivity contribution in [3.05, 3.63) is 53.7 Å². The van der Waals surface area contributed by atoms with Crippen molar-refractivity contribution in [1.29, 1.82) is 0 Å². The Hall–Kier alpha value is -2.56. The molecule has 1 saturated heterocycles. The van der Waals surface area contributed by atoms with E-state index in [1.54, 1.807) is 4.90 Å². The summed E-state index contributed by atoms with van der Waals surface area (Å²) in [5.41, 5.74) is 2.87. The van der Waals surface area contributed by atoms with Crippen molar-refractivity contribution in [2.75, 3.05) is 18.4 Å². The van der Waals surface area contributed by atoms with E-state index < -0.39 is 0 Å². The molecule has 0 aliphatic carbocycles. The molecule has 5 nitrogen and oxygen atoms in total. The first-order valence-corrected chi connectivity index (χ1v) is 7.83. The van der Waals surface area contributed by atoms with Crippen molar-refractivity contribution in [3.63, 3.8) is 0 Å². The number of aryl methyl sites for hydroxylation is 2. The van der Waals surface area contributed by atoms with Gasteiger partial charge in [-0.1, -0.05) is 18.2 Å². The van der Waals surface area contributed by atoms with Gasteiger partial charge in [-0.15, -0.1) is 0 Å². The SMILES string of the molecule is Cc1cccc(NC(=O)N2CCC(Oc3cccc(C)n3)C2)c1. The summed E-state index contributed by atoms with van der Waals surface area (Å²) in [5.74, 6) is 0.621. The highest BCUT2D eigenvalue weighted by Gasteiger charge is 2.28. The second-order valence-corrected chi connectivity index (χ2v) is 5.89. The van der Waals surface area contributed by atoms with Gasteiger partial charge in [-0.3, -0.25) is 0 Å². The topological polar surface area (TPSA) is 54.5 Å². The Morgan fingerprint density at radius 3 is 2.87 bits per heavy atom. The normalized spacial score (nSPS) is 17.1. The van der Waals surface area contributed by atoms with E-state index in [0.717, 1.165) is 23.4 Å². The van der Waals surface area contributed by atoms with Gasteiger partial charge in [0.25, 0.3) is 0 Å². The number of benzene rings is 1. The van der Waals surface area contributed by atoms with Gasteiger partial charge in [0.2, 0.25) is 5.88 Å². The number of pyridine rings is 1. The minimum Gasteiger partial charge on any atom is -0.472 e. The van der Waals surface area contributed by atoms with Gasteiger partial charge in [0.15, 0.2) is 0 Å². The molecule has 2 amide bonds. The van der Waals surface area contributed by atoms with Gasteiger partial charge in [0.05, 0.1) is 6.54 Å². The minimum atomic E-state index is -0.0844.